The maximum atomic E-state index is 13.3. The van der Waals surface area contributed by atoms with E-state index in [0.29, 0.717) is 22.9 Å². The van der Waals surface area contributed by atoms with Gasteiger partial charge in [-0.15, -0.1) is 0 Å². The minimum Gasteiger partial charge on any atom is -0.489 e. The maximum Gasteiger partial charge on any atom is 0.307 e. The summed E-state index contributed by atoms with van der Waals surface area (Å²) in [6.07, 6.45) is -3.78. The molecule has 1 amide bonds. The van der Waals surface area contributed by atoms with Crippen molar-refractivity contribution in [1.82, 2.24) is 10.2 Å². The van der Waals surface area contributed by atoms with Crippen molar-refractivity contribution >= 4 is 46.3 Å². The number of halogens is 6. The van der Waals surface area contributed by atoms with Crippen molar-refractivity contribution in [2.45, 2.75) is 69.5 Å². The van der Waals surface area contributed by atoms with Gasteiger partial charge in [-0.25, -0.2) is 17.6 Å². The predicted molar refractivity (Wildman–Crippen MR) is 336 cm³/mol. The Kier molecular flexibility index (Phi) is 20.8. The fourth-order valence-corrected chi connectivity index (χ4v) is 9.57. The molecule has 1 aliphatic carbocycles. The number of nitrogens with one attached hydrogen (secondary N) is 1. The molecule has 2 fully saturated rings. The average molecular weight is 1240 g/mol. The number of nitrogens with zero attached hydrogens (tertiary/aromatic N) is 1. The summed E-state index contributed by atoms with van der Waals surface area (Å²) in [5.41, 5.74) is 8.32. The van der Waals surface area contributed by atoms with E-state index in [9.17, 15) is 41.8 Å². The van der Waals surface area contributed by atoms with Gasteiger partial charge < -0.3 is 30.3 Å². The van der Waals surface area contributed by atoms with Crippen LogP contribution in [0.2, 0.25) is 5.02 Å². The van der Waals surface area contributed by atoms with Crippen molar-refractivity contribution in [2.24, 2.45) is 0 Å². The molecule has 9 aromatic rings. The summed E-state index contributed by atoms with van der Waals surface area (Å²) in [7, 11) is 0. The normalized spacial score (nSPS) is 14.7. The van der Waals surface area contributed by atoms with Crippen LogP contribution >= 0.6 is 23.2 Å². The number of hydrogen-bond acceptors (Lipinski definition) is 7. The molecule has 88 heavy (non-hydrogen) atoms. The second-order valence-electron chi connectivity index (χ2n) is 20.5. The number of carbonyl (C=O) groups is 4. The van der Waals surface area contributed by atoms with Gasteiger partial charge in [-0.05, 0) is 183 Å². The lowest BCUT2D eigenvalue weighted by molar-refractivity contribution is -0.137. The molecular formula is C72H64Cl2F4N2O8. The number of ether oxygens (including phenoxy) is 1. The van der Waals surface area contributed by atoms with Crippen molar-refractivity contribution in [3.63, 3.8) is 0 Å². The highest BCUT2D eigenvalue weighted by atomic mass is 35.5. The summed E-state index contributed by atoms with van der Waals surface area (Å²) in [6.45, 7) is 2.09. The number of aliphatic hydroxyl groups excluding tert-OH is 1. The van der Waals surface area contributed by atoms with Crippen molar-refractivity contribution < 1.29 is 65.0 Å². The van der Waals surface area contributed by atoms with Gasteiger partial charge in [0.1, 0.15) is 35.1 Å². The molecule has 452 valence electrons. The summed E-state index contributed by atoms with van der Waals surface area (Å²) in [6, 6.07) is 54.6. The standard InChI is InChI=1S/C30H32ClFN2O3.C14H10ClFO.2C14H11FO2/c31-26-18-23(9-14-28(26)37-25-12-13-25)30(36)27(19-34-15-1-2-16-34)33-29(35)17-20-3-5-21(6-4-20)22-7-10-24(32)11-8-22;15-14(17)9-10-1-3-11(4-2-10)12-5-7-13(16)8-6-12;2*15-13-7-5-12(6-8-13)11-3-1-10(2-4-11)9-14(16)17/h3-11,14,18,25,27,30,36H,1-2,12-13,15-17,19H2,(H,33,35);1-8H,9H2;2*1-8H,9H2,(H,16,17)/t27-,30-;;;/m1.../s1/i17D2;2*9D2;. The molecule has 9 aromatic carbocycles. The van der Waals surface area contributed by atoms with Crippen LogP contribution in [0.4, 0.5) is 17.6 Å². The van der Waals surface area contributed by atoms with E-state index >= 15 is 0 Å². The quantitative estimate of drug-likeness (QED) is 0.0458. The molecule has 1 heterocycles. The Balaban J connectivity index is 0.000000174. The Bertz CT molecular complexity index is 3910. The number of rotatable bonds is 19. The molecule has 1 saturated heterocycles. The SMILES string of the molecule is O=C(O)Cc1ccc(-c2ccc(F)cc2)cc1.[2H]C([2H])(C(=O)Cl)c1ccc(-c2ccc(F)cc2)cc1.[2H]C([2H])(C(=O)N[C@H](CN1CCCC1)[C@H](O)c1ccc(OC2CC2)c(Cl)c1)c1ccc(-c2ccc(F)cc2)cc1.[2H]C([2H])(C(=O)O)c1ccc(-c2ccc(F)cc2)cc1. The second-order valence-corrected chi connectivity index (χ2v) is 21.3. The van der Waals surface area contributed by atoms with E-state index in [1.54, 1.807) is 127 Å². The molecule has 4 N–H and O–H groups in total. The molecular weight excluding hydrogens is 1170 g/mol. The van der Waals surface area contributed by atoms with E-state index in [1.807, 2.05) is 12.1 Å². The zero-order valence-corrected chi connectivity index (χ0v) is 48.7. The third kappa shape index (κ3) is 20.9. The van der Waals surface area contributed by atoms with E-state index < -0.39 is 54.4 Å². The van der Waals surface area contributed by atoms with Gasteiger partial charge in [-0.1, -0.05) is 163 Å². The van der Waals surface area contributed by atoms with E-state index in [4.69, 9.17) is 46.4 Å². The van der Waals surface area contributed by atoms with Crippen LogP contribution < -0.4 is 10.1 Å². The Morgan fingerprint density at radius 2 is 0.864 bits per heavy atom. The molecule has 0 bridgehead atoms. The smallest absolute Gasteiger partial charge is 0.307 e. The number of carbonyl (C=O) groups excluding carboxylic acids is 2. The fourth-order valence-electron chi connectivity index (χ4n) is 9.23. The predicted octanol–water partition coefficient (Wildman–Crippen LogP) is 15.6. The number of likely N-dealkylation sites (tertiary alicyclic amines) is 1. The molecule has 0 radical (unpaired) electrons. The van der Waals surface area contributed by atoms with Crippen LogP contribution in [0.15, 0.2) is 212 Å². The van der Waals surface area contributed by atoms with Crippen molar-refractivity contribution in [3.8, 4) is 50.3 Å². The Labute approximate surface area is 527 Å². The van der Waals surface area contributed by atoms with Gasteiger partial charge in [0.05, 0.1) is 36.3 Å². The van der Waals surface area contributed by atoms with Crippen LogP contribution in [-0.4, -0.2) is 75.1 Å². The fraction of sp³-hybridized carbons (Fsp3) is 0.194. The molecule has 2 aliphatic rings. The first-order valence-electron chi connectivity index (χ1n) is 30.9. The van der Waals surface area contributed by atoms with E-state index in [1.165, 1.54) is 72.8 Å². The third-order valence-corrected chi connectivity index (χ3v) is 14.3. The van der Waals surface area contributed by atoms with Gasteiger partial charge in [-0.2, -0.15) is 0 Å². The molecule has 1 saturated carbocycles. The van der Waals surface area contributed by atoms with Gasteiger partial charge in [0.2, 0.25) is 11.1 Å². The minimum atomic E-state index is -2.42. The summed E-state index contributed by atoms with van der Waals surface area (Å²) in [4.78, 5) is 47.8. The summed E-state index contributed by atoms with van der Waals surface area (Å²) in [5, 5.41) is 30.9. The van der Waals surface area contributed by atoms with Crippen molar-refractivity contribution in [3.05, 3.63) is 268 Å². The largest absolute Gasteiger partial charge is 0.489 e. The molecule has 0 aromatic heterocycles. The molecule has 0 unspecified atom stereocenters. The van der Waals surface area contributed by atoms with Crippen LogP contribution in [0.3, 0.4) is 0 Å². The third-order valence-electron chi connectivity index (χ3n) is 13.9. The van der Waals surface area contributed by atoms with E-state index in [-0.39, 0.29) is 52.5 Å². The van der Waals surface area contributed by atoms with E-state index in [2.05, 4.69) is 10.2 Å². The number of carboxylic acids is 2. The molecule has 0 spiro atoms. The van der Waals surface area contributed by atoms with Crippen LogP contribution in [0.5, 0.6) is 5.75 Å². The minimum absolute atomic E-state index is 0.0176. The van der Waals surface area contributed by atoms with Gasteiger partial charge in [0, 0.05) is 21.1 Å². The summed E-state index contributed by atoms with van der Waals surface area (Å²) >= 11 is 11.7. The number of amides is 1. The number of benzene rings is 9. The first-order valence-corrected chi connectivity index (χ1v) is 28.7. The van der Waals surface area contributed by atoms with Gasteiger partial charge in [0.25, 0.3) is 0 Å². The van der Waals surface area contributed by atoms with Crippen molar-refractivity contribution in [2.75, 3.05) is 19.6 Å². The summed E-state index contributed by atoms with van der Waals surface area (Å²) in [5.74, 6) is -3.89. The van der Waals surface area contributed by atoms with Crippen molar-refractivity contribution in [1.29, 1.82) is 0 Å². The second kappa shape index (κ2) is 32.2. The van der Waals surface area contributed by atoms with Gasteiger partial charge >= 0.3 is 11.9 Å². The lowest BCUT2D eigenvalue weighted by Gasteiger charge is -2.29. The van der Waals surface area contributed by atoms with Crippen LogP contribution in [0.25, 0.3) is 44.5 Å². The van der Waals surface area contributed by atoms with Gasteiger partial charge in [-0.3, -0.25) is 19.2 Å². The zero-order valence-electron chi connectivity index (χ0n) is 53.2. The van der Waals surface area contributed by atoms with Gasteiger partial charge in [0.15, 0.2) is 0 Å². The van der Waals surface area contributed by atoms with E-state index in [0.717, 1.165) is 88.8 Å². The number of carboxylic acid groups (broad SMARTS) is 2. The Morgan fingerprint density at radius 3 is 1.20 bits per heavy atom. The highest BCUT2D eigenvalue weighted by Crippen LogP contribution is 2.35. The summed E-state index contributed by atoms with van der Waals surface area (Å²) < 4.78 is 105. The lowest BCUT2D eigenvalue weighted by Crippen LogP contribution is -2.47. The Hall–Kier alpha value is -8.92. The number of aliphatic carboxylic acids is 2. The first kappa shape index (κ1) is 56.9. The highest BCUT2D eigenvalue weighted by Gasteiger charge is 2.29. The zero-order chi connectivity index (χ0) is 67.9. The van der Waals surface area contributed by atoms with Crippen LogP contribution in [0, 0.1) is 23.3 Å². The number of aliphatic hydroxyl groups is 1. The molecule has 1 aliphatic heterocycles. The molecule has 10 nitrogen and oxygen atoms in total. The van der Waals surface area contributed by atoms with Crippen LogP contribution in [-0.2, 0) is 44.7 Å². The molecule has 16 heteroatoms. The van der Waals surface area contributed by atoms with Crippen LogP contribution in [0.1, 0.15) is 67.8 Å². The highest BCUT2D eigenvalue weighted by molar-refractivity contribution is 6.63. The molecule has 2 atom stereocenters. The lowest BCUT2D eigenvalue weighted by atomic mass is 10.00. The Morgan fingerprint density at radius 1 is 0.511 bits per heavy atom. The molecule has 11 rings (SSSR count). The first-order chi connectivity index (χ1) is 44.7. The maximum absolute atomic E-state index is 13.3. The topological polar surface area (TPSA) is 153 Å². The average Bonchev–Trinajstić information content (AvgIpc) is 0.946. The monoisotopic (exact) mass is 1240 g/mol. The number of hydrogen-bond donors (Lipinski definition) is 4.